The number of aromatic nitrogens is 4. The van der Waals surface area contributed by atoms with Gasteiger partial charge in [-0.15, -0.1) is 11.3 Å². The van der Waals surface area contributed by atoms with Gasteiger partial charge in [-0.1, -0.05) is 13.8 Å². The first kappa shape index (κ1) is 24.3. The SMILES string of the molecule is Cc1c(-c2[nH]c3sc([C@@H]4CC5C[C@H]4CN5C(=O)[C@H]4C[C@@H](F)CN4)c(C)c3c2C(C)C)cn2ncnc2c1C. The number of alkyl halides is 1. The lowest BCUT2D eigenvalue weighted by molar-refractivity contribution is -0.134. The van der Waals surface area contributed by atoms with Crippen LogP contribution >= 0.6 is 11.3 Å². The number of hydrogen-bond acceptors (Lipinski definition) is 5. The molecule has 3 aliphatic rings. The number of amides is 1. The van der Waals surface area contributed by atoms with Gasteiger partial charge in [0.15, 0.2) is 5.65 Å². The fraction of sp³-hybridized carbons (Fsp3) is 0.552. The molecule has 0 radical (unpaired) electrons. The highest BCUT2D eigenvalue weighted by Gasteiger charge is 2.49. The summed E-state index contributed by atoms with van der Waals surface area (Å²) in [4.78, 5) is 26.1. The summed E-state index contributed by atoms with van der Waals surface area (Å²) in [6.45, 7) is 12.2. The average molecular weight is 535 g/mol. The number of likely N-dealkylation sites (tertiary alicyclic amines) is 1. The van der Waals surface area contributed by atoms with Crippen LogP contribution in [0.1, 0.15) is 72.1 Å². The van der Waals surface area contributed by atoms with E-state index in [1.165, 1.54) is 43.0 Å². The molecule has 2 bridgehead atoms. The number of piperidine rings is 1. The summed E-state index contributed by atoms with van der Waals surface area (Å²) >= 11 is 1.90. The van der Waals surface area contributed by atoms with Gasteiger partial charge in [0.05, 0.1) is 11.7 Å². The Bertz CT molecular complexity index is 1580. The van der Waals surface area contributed by atoms with E-state index in [1.54, 1.807) is 6.33 Å². The van der Waals surface area contributed by atoms with Gasteiger partial charge >= 0.3 is 0 Å². The molecule has 4 aromatic heterocycles. The van der Waals surface area contributed by atoms with E-state index >= 15 is 0 Å². The number of rotatable bonds is 4. The summed E-state index contributed by atoms with van der Waals surface area (Å²) in [7, 11) is 0. The maximum atomic E-state index is 13.7. The molecule has 1 amide bonds. The minimum absolute atomic E-state index is 0.104. The van der Waals surface area contributed by atoms with Gasteiger partial charge in [-0.3, -0.25) is 4.79 Å². The Morgan fingerprint density at radius 3 is 2.66 bits per heavy atom. The fourth-order valence-electron chi connectivity index (χ4n) is 7.47. The third-order valence-electron chi connectivity index (χ3n) is 9.47. The average Bonchev–Trinajstić information content (AvgIpc) is 3.71. The van der Waals surface area contributed by atoms with Gasteiger partial charge in [-0.05, 0) is 67.7 Å². The number of fused-ring (bicyclic) bond motifs is 4. The maximum absolute atomic E-state index is 13.7. The molecule has 2 N–H and O–H groups in total. The molecular formula is C29H35FN6OS. The van der Waals surface area contributed by atoms with Crippen molar-refractivity contribution in [3.05, 3.63) is 39.7 Å². The number of nitrogens with one attached hydrogen (secondary N) is 2. The van der Waals surface area contributed by atoms with Gasteiger partial charge in [-0.25, -0.2) is 13.9 Å². The van der Waals surface area contributed by atoms with Gasteiger partial charge in [-0.2, -0.15) is 5.10 Å². The van der Waals surface area contributed by atoms with Crippen LogP contribution in [0, 0.1) is 26.7 Å². The van der Waals surface area contributed by atoms with E-state index in [2.05, 4.69) is 66.1 Å². The Balaban J connectivity index is 1.23. The predicted octanol–water partition coefficient (Wildman–Crippen LogP) is 5.39. The Morgan fingerprint density at radius 1 is 1.16 bits per heavy atom. The lowest BCUT2D eigenvalue weighted by Crippen LogP contribution is -2.47. The molecule has 0 aromatic carbocycles. The van der Waals surface area contributed by atoms with Gasteiger partial charge < -0.3 is 15.2 Å². The van der Waals surface area contributed by atoms with Crippen LogP contribution in [0.4, 0.5) is 4.39 Å². The fourth-order valence-corrected chi connectivity index (χ4v) is 8.91. The van der Waals surface area contributed by atoms with E-state index in [4.69, 9.17) is 0 Å². The van der Waals surface area contributed by atoms with E-state index in [0.717, 1.165) is 30.6 Å². The molecule has 2 saturated heterocycles. The maximum Gasteiger partial charge on any atom is 0.240 e. The van der Waals surface area contributed by atoms with Crippen molar-refractivity contribution < 1.29 is 9.18 Å². The van der Waals surface area contributed by atoms with Crippen LogP contribution in [0.5, 0.6) is 0 Å². The first-order chi connectivity index (χ1) is 18.2. The van der Waals surface area contributed by atoms with Crippen LogP contribution in [0.2, 0.25) is 0 Å². The van der Waals surface area contributed by atoms with Crippen LogP contribution in [-0.2, 0) is 4.79 Å². The number of halogens is 1. The molecule has 1 aliphatic carbocycles. The summed E-state index contributed by atoms with van der Waals surface area (Å²) in [6.07, 6.45) is 5.20. The van der Waals surface area contributed by atoms with Crippen molar-refractivity contribution in [1.82, 2.24) is 29.8 Å². The minimum atomic E-state index is -0.904. The molecular weight excluding hydrogens is 499 g/mol. The Kier molecular flexibility index (Phi) is 5.50. The molecule has 200 valence electrons. The summed E-state index contributed by atoms with van der Waals surface area (Å²) in [5, 5.41) is 8.87. The summed E-state index contributed by atoms with van der Waals surface area (Å²) < 4.78 is 15.6. The first-order valence-corrected chi connectivity index (χ1v) is 14.7. The van der Waals surface area contributed by atoms with Crippen molar-refractivity contribution in [2.24, 2.45) is 5.92 Å². The number of thiophene rings is 1. The summed E-state index contributed by atoms with van der Waals surface area (Å²) in [5.41, 5.74) is 8.41. The predicted molar refractivity (Wildman–Crippen MR) is 149 cm³/mol. The molecule has 4 aromatic rings. The Morgan fingerprint density at radius 2 is 1.97 bits per heavy atom. The van der Waals surface area contributed by atoms with Gasteiger partial charge in [0.1, 0.15) is 17.3 Å². The largest absolute Gasteiger partial charge is 0.346 e. The van der Waals surface area contributed by atoms with Gasteiger partial charge in [0, 0.05) is 53.5 Å². The molecule has 2 aliphatic heterocycles. The third-order valence-corrected chi connectivity index (χ3v) is 10.8. The molecule has 7 rings (SSSR count). The zero-order valence-corrected chi connectivity index (χ0v) is 23.5. The second kappa shape index (κ2) is 8.61. The molecule has 7 nitrogen and oxygen atoms in total. The van der Waals surface area contributed by atoms with Crippen molar-refractivity contribution in [3.63, 3.8) is 0 Å². The first-order valence-electron chi connectivity index (χ1n) is 13.9. The van der Waals surface area contributed by atoms with Crippen molar-refractivity contribution in [2.75, 3.05) is 13.1 Å². The molecule has 1 unspecified atom stereocenters. The van der Waals surface area contributed by atoms with Crippen molar-refractivity contribution >= 4 is 33.1 Å². The molecule has 0 spiro atoms. The number of aromatic amines is 1. The highest BCUT2D eigenvalue weighted by atomic mass is 32.1. The molecule has 38 heavy (non-hydrogen) atoms. The van der Waals surface area contributed by atoms with E-state index < -0.39 is 6.17 Å². The van der Waals surface area contributed by atoms with Crippen LogP contribution in [0.3, 0.4) is 0 Å². The quantitative estimate of drug-likeness (QED) is 0.368. The minimum Gasteiger partial charge on any atom is -0.346 e. The smallest absolute Gasteiger partial charge is 0.240 e. The Labute approximate surface area is 225 Å². The molecule has 9 heteroatoms. The van der Waals surface area contributed by atoms with E-state index in [1.807, 2.05) is 15.9 Å². The van der Waals surface area contributed by atoms with E-state index in [-0.39, 0.29) is 18.0 Å². The molecule has 6 heterocycles. The number of pyridine rings is 1. The number of nitrogens with zero attached hydrogens (tertiary/aromatic N) is 4. The molecule has 1 saturated carbocycles. The van der Waals surface area contributed by atoms with Crippen LogP contribution in [-0.4, -0.2) is 61.7 Å². The van der Waals surface area contributed by atoms with Crippen LogP contribution in [0.25, 0.3) is 27.1 Å². The second-order valence-corrected chi connectivity index (χ2v) is 13.0. The second-order valence-electron chi connectivity index (χ2n) is 12.0. The lowest BCUT2D eigenvalue weighted by atomic mass is 9.88. The number of aryl methyl sites for hydroxylation is 2. The zero-order valence-electron chi connectivity index (χ0n) is 22.6. The monoisotopic (exact) mass is 534 g/mol. The number of carbonyl (C=O) groups excluding carboxylic acids is 1. The highest BCUT2D eigenvalue weighted by molar-refractivity contribution is 7.19. The summed E-state index contributed by atoms with van der Waals surface area (Å²) in [6, 6.07) is -0.0711. The van der Waals surface area contributed by atoms with Crippen molar-refractivity contribution in [3.8, 4) is 11.3 Å². The number of hydrogen-bond donors (Lipinski definition) is 2. The van der Waals surface area contributed by atoms with Crippen molar-refractivity contribution in [1.29, 1.82) is 0 Å². The number of carbonyl (C=O) groups is 1. The summed E-state index contributed by atoms with van der Waals surface area (Å²) in [5.74, 6) is 1.43. The van der Waals surface area contributed by atoms with E-state index in [9.17, 15) is 9.18 Å². The highest BCUT2D eigenvalue weighted by Crippen LogP contribution is 2.53. The van der Waals surface area contributed by atoms with Gasteiger partial charge in [0.2, 0.25) is 5.91 Å². The standard InChI is InChI=1S/C29H35FN6OS/c1-13(2)23-24-16(5)26(20-8-19-6-17(20)10-35(19)29(37)22-7-18(30)9-31-22)38-28(24)34-25(23)21-11-36-27(32-12-33-36)15(4)14(21)3/h11-13,17-20,22,31,34H,6-10H2,1-5H3/t17-,18+,19?,20+,22+/m0/s1. The number of H-pyrrole nitrogens is 1. The topological polar surface area (TPSA) is 78.3 Å². The van der Waals surface area contributed by atoms with Crippen LogP contribution in [0.15, 0.2) is 12.5 Å². The normalized spacial score (nSPS) is 27.1. The van der Waals surface area contributed by atoms with Gasteiger partial charge in [0.25, 0.3) is 0 Å². The lowest BCUT2D eigenvalue weighted by Gasteiger charge is -2.33. The zero-order chi connectivity index (χ0) is 26.5. The van der Waals surface area contributed by atoms with Crippen LogP contribution < -0.4 is 5.32 Å². The van der Waals surface area contributed by atoms with E-state index in [0.29, 0.717) is 30.7 Å². The molecule has 3 fully saturated rings. The third kappa shape index (κ3) is 3.43. The Hall–Kier alpha value is -2.78. The van der Waals surface area contributed by atoms with Crippen molar-refractivity contribution in [2.45, 2.75) is 84.0 Å². The molecule has 5 atom stereocenters.